The number of carbonyl (C=O) groups is 2. The first-order chi connectivity index (χ1) is 15.0. The molecule has 1 aromatic carbocycles. The van der Waals surface area contributed by atoms with Crippen LogP contribution in [0.25, 0.3) is 0 Å². The standard InChI is InChI=1S/C26H39NO4S/c1-26(2,3)32(30,31)18-20-11-13-21(14-12-20)24(28)17-19-9-15-22(16-10-19)25(29)27-23-7-5-4-6-8-23/h9-10,15-16,20-21,23H,4-8,11-14,17-18H2,1-3H3,(H,27,29). The number of Topliss-reactive ketones (excluding diaryl/α,β-unsaturated/α-hetero) is 1. The highest BCUT2D eigenvalue weighted by molar-refractivity contribution is 7.92. The Morgan fingerprint density at radius 2 is 1.50 bits per heavy atom. The maximum absolute atomic E-state index is 12.8. The molecule has 0 saturated heterocycles. The topological polar surface area (TPSA) is 80.3 Å². The molecule has 5 nitrogen and oxygen atoms in total. The van der Waals surface area contributed by atoms with Gasteiger partial charge in [0, 0.05) is 23.9 Å². The van der Waals surface area contributed by atoms with Gasteiger partial charge in [-0.2, -0.15) is 0 Å². The van der Waals surface area contributed by atoms with Crippen LogP contribution in [0.1, 0.15) is 94.5 Å². The van der Waals surface area contributed by atoms with Crippen LogP contribution in [0, 0.1) is 11.8 Å². The monoisotopic (exact) mass is 461 g/mol. The van der Waals surface area contributed by atoms with Crippen LogP contribution in [0.4, 0.5) is 0 Å². The van der Waals surface area contributed by atoms with Gasteiger partial charge in [-0.1, -0.05) is 31.4 Å². The molecule has 3 rings (SSSR count). The number of hydrogen-bond acceptors (Lipinski definition) is 4. The van der Waals surface area contributed by atoms with Crippen molar-refractivity contribution in [3.05, 3.63) is 35.4 Å². The third-order valence-electron chi connectivity index (χ3n) is 7.23. The molecule has 178 valence electrons. The van der Waals surface area contributed by atoms with Gasteiger partial charge in [-0.25, -0.2) is 8.42 Å². The van der Waals surface area contributed by atoms with Crippen molar-refractivity contribution in [2.45, 2.75) is 95.8 Å². The van der Waals surface area contributed by atoms with Crippen molar-refractivity contribution in [3.8, 4) is 0 Å². The summed E-state index contributed by atoms with van der Waals surface area (Å²) in [6.07, 6.45) is 9.24. The fraction of sp³-hybridized carbons (Fsp3) is 0.692. The van der Waals surface area contributed by atoms with E-state index >= 15 is 0 Å². The van der Waals surface area contributed by atoms with Gasteiger partial charge in [0.1, 0.15) is 5.78 Å². The maximum Gasteiger partial charge on any atom is 0.251 e. The molecule has 1 N–H and O–H groups in total. The van der Waals surface area contributed by atoms with E-state index in [1.807, 2.05) is 24.3 Å². The number of sulfone groups is 1. The lowest BCUT2D eigenvalue weighted by Crippen LogP contribution is -2.36. The van der Waals surface area contributed by atoms with Gasteiger partial charge in [0.15, 0.2) is 9.84 Å². The average molecular weight is 462 g/mol. The minimum absolute atomic E-state index is 0.0119. The van der Waals surface area contributed by atoms with Crippen molar-refractivity contribution < 1.29 is 18.0 Å². The lowest BCUT2D eigenvalue weighted by molar-refractivity contribution is -0.123. The van der Waals surface area contributed by atoms with Crippen LogP contribution in [0.15, 0.2) is 24.3 Å². The summed E-state index contributed by atoms with van der Waals surface area (Å²) in [6.45, 7) is 5.26. The van der Waals surface area contributed by atoms with E-state index in [1.165, 1.54) is 19.3 Å². The Morgan fingerprint density at radius 1 is 0.906 bits per heavy atom. The Labute approximate surface area is 193 Å². The van der Waals surface area contributed by atoms with Crippen molar-refractivity contribution >= 4 is 21.5 Å². The molecule has 0 spiro atoms. The summed E-state index contributed by atoms with van der Waals surface area (Å²) in [5, 5.41) is 3.13. The Morgan fingerprint density at radius 3 is 2.06 bits per heavy atom. The summed E-state index contributed by atoms with van der Waals surface area (Å²) in [7, 11) is -3.12. The predicted octanol–water partition coefficient (Wildman–Crippen LogP) is 4.88. The Balaban J connectivity index is 1.46. The normalized spacial score (nSPS) is 23.0. The van der Waals surface area contributed by atoms with E-state index < -0.39 is 14.6 Å². The molecule has 0 aliphatic heterocycles. The van der Waals surface area contributed by atoms with Crippen LogP contribution >= 0.6 is 0 Å². The molecule has 0 aromatic heterocycles. The zero-order chi connectivity index (χ0) is 23.4. The van der Waals surface area contributed by atoms with E-state index in [1.54, 1.807) is 20.8 Å². The minimum atomic E-state index is -3.12. The van der Waals surface area contributed by atoms with E-state index in [2.05, 4.69) is 5.32 Å². The number of carbonyl (C=O) groups excluding carboxylic acids is 2. The smallest absolute Gasteiger partial charge is 0.251 e. The van der Waals surface area contributed by atoms with Gasteiger partial charge in [0.25, 0.3) is 5.91 Å². The third-order valence-corrected chi connectivity index (χ3v) is 10.0. The fourth-order valence-electron chi connectivity index (χ4n) is 4.85. The third kappa shape index (κ3) is 6.66. The van der Waals surface area contributed by atoms with Gasteiger partial charge in [0.2, 0.25) is 0 Å². The van der Waals surface area contributed by atoms with Crippen LogP contribution in [0.5, 0.6) is 0 Å². The zero-order valence-corrected chi connectivity index (χ0v) is 20.7. The van der Waals surface area contributed by atoms with E-state index in [0.29, 0.717) is 12.0 Å². The molecule has 32 heavy (non-hydrogen) atoms. The van der Waals surface area contributed by atoms with Gasteiger partial charge in [0.05, 0.1) is 10.5 Å². The van der Waals surface area contributed by atoms with E-state index in [4.69, 9.17) is 0 Å². The predicted molar refractivity (Wildman–Crippen MR) is 128 cm³/mol. The summed E-state index contributed by atoms with van der Waals surface area (Å²) in [5.74, 6) is 0.588. The summed E-state index contributed by atoms with van der Waals surface area (Å²) in [5.41, 5.74) is 1.58. The second-order valence-electron chi connectivity index (χ2n) is 10.8. The molecule has 0 unspecified atom stereocenters. The molecule has 1 amide bonds. The molecule has 0 radical (unpaired) electrons. The molecular weight excluding hydrogens is 422 g/mol. The van der Waals surface area contributed by atoms with Gasteiger partial charge >= 0.3 is 0 Å². The number of rotatable bonds is 7. The summed E-state index contributed by atoms with van der Waals surface area (Å²) < 4.78 is 24.2. The van der Waals surface area contributed by atoms with E-state index in [9.17, 15) is 18.0 Å². The molecule has 2 saturated carbocycles. The van der Waals surface area contributed by atoms with Crippen LogP contribution < -0.4 is 5.32 Å². The highest BCUT2D eigenvalue weighted by Crippen LogP contribution is 2.33. The Hall–Kier alpha value is -1.69. The molecule has 2 aliphatic carbocycles. The van der Waals surface area contributed by atoms with Crippen LogP contribution in [0.3, 0.4) is 0 Å². The number of ketones is 1. The molecule has 2 fully saturated rings. The highest BCUT2D eigenvalue weighted by atomic mass is 32.2. The van der Waals surface area contributed by atoms with Gasteiger partial charge < -0.3 is 5.32 Å². The fourth-order valence-corrected chi connectivity index (χ4v) is 6.30. The Bertz CT molecular complexity index is 885. The molecule has 0 bridgehead atoms. The van der Waals surface area contributed by atoms with Gasteiger partial charge in [-0.05, 0) is 82.9 Å². The van der Waals surface area contributed by atoms with Crippen molar-refractivity contribution in [3.63, 3.8) is 0 Å². The molecule has 0 heterocycles. The second kappa shape index (κ2) is 10.5. The van der Waals surface area contributed by atoms with E-state index in [-0.39, 0.29) is 35.3 Å². The zero-order valence-electron chi connectivity index (χ0n) is 19.9. The number of benzene rings is 1. The molecule has 2 aliphatic rings. The first-order valence-corrected chi connectivity index (χ1v) is 13.9. The molecular formula is C26H39NO4S. The number of amides is 1. The van der Waals surface area contributed by atoms with Crippen LogP contribution in [-0.4, -0.2) is 36.6 Å². The van der Waals surface area contributed by atoms with Crippen molar-refractivity contribution in [1.29, 1.82) is 0 Å². The SMILES string of the molecule is CC(C)(C)S(=O)(=O)CC1CCC(C(=O)Cc2ccc(C(=O)NC3CCCCC3)cc2)CC1. The summed E-state index contributed by atoms with van der Waals surface area (Å²) >= 11 is 0. The lowest BCUT2D eigenvalue weighted by atomic mass is 9.79. The minimum Gasteiger partial charge on any atom is -0.349 e. The number of nitrogens with one attached hydrogen (secondary N) is 1. The van der Waals surface area contributed by atoms with Crippen LogP contribution in [-0.2, 0) is 21.1 Å². The second-order valence-corrected chi connectivity index (χ2v) is 13.5. The van der Waals surface area contributed by atoms with Crippen molar-refractivity contribution in [2.75, 3.05) is 5.75 Å². The highest BCUT2D eigenvalue weighted by Gasteiger charge is 2.34. The van der Waals surface area contributed by atoms with Gasteiger partial charge in [-0.15, -0.1) is 0 Å². The molecule has 0 atom stereocenters. The van der Waals surface area contributed by atoms with Crippen LogP contribution in [0.2, 0.25) is 0 Å². The molecule has 6 heteroatoms. The largest absolute Gasteiger partial charge is 0.349 e. The lowest BCUT2D eigenvalue weighted by Gasteiger charge is -2.30. The Kier molecular flexibility index (Phi) is 8.18. The number of hydrogen-bond donors (Lipinski definition) is 1. The first-order valence-electron chi connectivity index (χ1n) is 12.2. The van der Waals surface area contributed by atoms with E-state index in [0.717, 1.165) is 44.1 Å². The van der Waals surface area contributed by atoms with Crippen molar-refractivity contribution in [2.24, 2.45) is 11.8 Å². The average Bonchev–Trinajstić information content (AvgIpc) is 2.74. The maximum atomic E-state index is 12.8. The van der Waals surface area contributed by atoms with Gasteiger partial charge in [-0.3, -0.25) is 9.59 Å². The quantitative estimate of drug-likeness (QED) is 0.627. The van der Waals surface area contributed by atoms with Crippen molar-refractivity contribution in [1.82, 2.24) is 5.32 Å². The first kappa shape index (κ1) is 24.9. The molecule has 1 aromatic rings. The summed E-state index contributed by atoms with van der Waals surface area (Å²) in [6, 6.07) is 7.68. The summed E-state index contributed by atoms with van der Waals surface area (Å²) in [4.78, 5) is 25.3.